The van der Waals surface area contributed by atoms with Gasteiger partial charge in [-0.2, -0.15) is 0 Å². The van der Waals surface area contributed by atoms with Crippen LogP contribution in [0.3, 0.4) is 0 Å². The zero-order chi connectivity index (χ0) is 14.3. The van der Waals surface area contributed by atoms with Crippen molar-refractivity contribution in [2.75, 3.05) is 28.2 Å². The van der Waals surface area contributed by atoms with Gasteiger partial charge in [-0.15, -0.1) is 0 Å². The Morgan fingerprint density at radius 2 is 1.00 bits per heavy atom. The van der Waals surface area contributed by atoms with Gasteiger partial charge in [-0.05, 0) is 72.6 Å². The Hall–Kier alpha value is -0.0800. The Morgan fingerprint density at radius 1 is 0.579 bits per heavy atom. The van der Waals surface area contributed by atoms with E-state index >= 15 is 0 Å². The Balaban J connectivity index is 0.000000191. The summed E-state index contributed by atoms with van der Waals surface area (Å²) in [5.41, 5.74) is 0. The van der Waals surface area contributed by atoms with E-state index in [1.165, 1.54) is 57.8 Å². The van der Waals surface area contributed by atoms with Gasteiger partial charge in [0.2, 0.25) is 0 Å². The van der Waals surface area contributed by atoms with Crippen LogP contribution in [0.5, 0.6) is 0 Å². The van der Waals surface area contributed by atoms with E-state index in [9.17, 15) is 0 Å². The molecule has 0 amide bonds. The van der Waals surface area contributed by atoms with Crippen molar-refractivity contribution in [1.82, 2.24) is 9.80 Å². The first-order chi connectivity index (χ1) is 9.00. The monoisotopic (exact) mass is 268 g/mol. The van der Waals surface area contributed by atoms with Crippen molar-refractivity contribution < 1.29 is 0 Å². The molecule has 2 aliphatic rings. The van der Waals surface area contributed by atoms with E-state index < -0.39 is 0 Å². The molecule has 0 N–H and O–H groups in total. The van der Waals surface area contributed by atoms with Gasteiger partial charge >= 0.3 is 0 Å². The minimum atomic E-state index is 0.871. The molecule has 2 saturated carbocycles. The van der Waals surface area contributed by atoms with Crippen LogP contribution in [-0.2, 0) is 0 Å². The van der Waals surface area contributed by atoms with Gasteiger partial charge in [0.25, 0.3) is 0 Å². The van der Waals surface area contributed by atoms with Crippen LogP contribution in [-0.4, -0.2) is 50.1 Å². The first kappa shape index (κ1) is 17.0. The third kappa shape index (κ3) is 6.76. The lowest BCUT2D eigenvalue weighted by atomic mass is 9.87. The number of hydrogen-bond donors (Lipinski definition) is 0. The summed E-state index contributed by atoms with van der Waals surface area (Å²) in [5.74, 6) is 0.983. The molecule has 0 aromatic heterocycles. The molecular weight excluding hydrogens is 232 g/mol. The molecule has 0 aromatic carbocycles. The van der Waals surface area contributed by atoms with Crippen molar-refractivity contribution in [3.8, 4) is 0 Å². The van der Waals surface area contributed by atoms with Crippen LogP contribution >= 0.6 is 0 Å². The van der Waals surface area contributed by atoms with Crippen molar-refractivity contribution in [1.29, 1.82) is 0 Å². The normalized spacial score (nSPS) is 29.2. The van der Waals surface area contributed by atoms with Crippen LogP contribution in [0.4, 0.5) is 0 Å². The van der Waals surface area contributed by atoms with Gasteiger partial charge in [-0.1, -0.05) is 26.2 Å². The van der Waals surface area contributed by atoms with Gasteiger partial charge in [0, 0.05) is 12.1 Å². The van der Waals surface area contributed by atoms with Crippen LogP contribution in [0.1, 0.15) is 64.7 Å². The predicted molar refractivity (Wildman–Crippen MR) is 85.7 cm³/mol. The molecule has 0 saturated heterocycles. The summed E-state index contributed by atoms with van der Waals surface area (Å²) < 4.78 is 0. The highest BCUT2D eigenvalue weighted by molar-refractivity contribution is 4.74. The van der Waals surface area contributed by atoms with Gasteiger partial charge in [-0.3, -0.25) is 0 Å². The average molecular weight is 268 g/mol. The van der Waals surface area contributed by atoms with Gasteiger partial charge in [0.05, 0.1) is 0 Å². The topological polar surface area (TPSA) is 6.48 Å². The smallest absolute Gasteiger partial charge is 0.00893 e. The summed E-state index contributed by atoms with van der Waals surface area (Å²) in [4.78, 5) is 4.73. The highest BCUT2D eigenvalue weighted by Crippen LogP contribution is 2.25. The summed E-state index contributed by atoms with van der Waals surface area (Å²) in [7, 11) is 8.77. The Morgan fingerprint density at radius 3 is 1.37 bits per heavy atom. The van der Waals surface area contributed by atoms with Crippen molar-refractivity contribution in [3.63, 3.8) is 0 Å². The summed E-state index contributed by atoms with van der Waals surface area (Å²) in [6.07, 6.45) is 12.9. The maximum absolute atomic E-state index is 2.37. The fourth-order valence-electron chi connectivity index (χ4n) is 3.36. The quantitative estimate of drug-likeness (QED) is 0.746. The maximum Gasteiger partial charge on any atom is 0.00893 e. The molecule has 114 valence electrons. The first-order valence-corrected chi connectivity index (χ1v) is 8.33. The third-order valence-electron chi connectivity index (χ3n) is 5.02. The zero-order valence-corrected chi connectivity index (χ0v) is 14.0. The summed E-state index contributed by atoms with van der Waals surface area (Å²) in [5, 5.41) is 0. The molecule has 2 rings (SSSR count). The second-order valence-corrected chi connectivity index (χ2v) is 7.13. The summed E-state index contributed by atoms with van der Waals surface area (Å²) >= 11 is 0. The van der Waals surface area contributed by atoms with Gasteiger partial charge in [-0.25, -0.2) is 0 Å². The van der Waals surface area contributed by atoms with E-state index in [2.05, 4.69) is 44.9 Å². The van der Waals surface area contributed by atoms with Crippen molar-refractivity contribution >= 4 is 0 Å². The number of hydrogen-bond acceptors (Lipinski definition) is 2. The molecule has 0 aliphatic heterocycles. The minimum absolute atomic E-state index is 0.871. The van der Waals surface area contributed by atoms with E-state index in [4.69, 9.17) is 0 Å². The first-order valence-electron chi connectivity index (χ1n) is 8.33. The SMILES string of the molecule is CC1CCC(N(C)C)CC1.CN(C)C1CCCCC1. The van der Waals surface area contributed by atoms with Crippen LogP contribution in [0.25, 0.3) is 0 Å². The standard InChI is InChI=1S/C9H19N.C8H17N/c1-8-4-6-9(7-5-8)10(2)3;1-9(2)8-6-4-3-5-7-8/h8-9H,4-7H2,1-3H3;8H,3-7H2,1-2H3. The molecular formula is C17H36N2. The lowest BCUT2D eigenvalue weighted by Crippen LogP contribution is -2.31. The Kier molecular flexibility index (Phi) is 8.01. The molecule has 0 radical (unpaired) electrons. The molecule has 2 heteroatoms. The van der Waals surface area contributed by atoms with Crippen LogP contribution in [0.15, 0.2) is 0 Å². The minimum Gasteiger partial charge on any atom is -0.306 e. The van der Waals surface area contributed by atoms with E-state index in [1.807, 2.05) is 0 Å². The fourth-order valence-corrected chi connectivity index (χ4v) is 3.36. The van der Waals surface area contributed by atoms with Crippen molar-refractivity contribution in [2.45, 2.75) is 76.8 Å². The predicted octanol–water partition coefficient (Wildman–Crippen LogP) is 4.01. The largest absolute Gasteiger partial charge is 0.306 e. The molecule has 0 spiro atoms. The van der Waals surface area contributed by atoms with E-state index in [0.29, 0.717) is 0 Å². The number of nitrogens with zero attached hydrogens (tertiary/aromatic N) is 2. The van der Waals surface area contributed by atoms with Crippen LogP contribution in [0.2, 0.25) is 0 Å². The third-order valence-corrected chi connectivity index (χ3v) is 5.02. The Bertz CT molecular complexity index is 211. The average Bonchev–Trinajstić information content (AvgIpc) is 2.41. The molecule has 2 nitrogen and oxygen atoms in total. The highest BCUT2D eigenvalue weighted by atomic mass is 15.1. The molecule has 0 bridgehead atoms. The Labute approximate surface area is 121 Å². The van der Waals surface area contributed by atoms with Gasteiger partial charge in [0.1, 0.15) is 0 Å². The van der Waals surface area contributed by atoms with Gasteiger partial charge < -0.3 is 9.80 Å². The molecule has 0 heterocycles. The van der Waals surface area contributed by atoms with E-state index in [-0.39, 0.29) is 0 Å². The summed E-state index contributed by atoms with van der Waals surface area (Å²) in [6, 6.07) is 1.76. The molecule has 0 aromatic rings. The van der Waals surface area contributed by atoms with Crippen LogP contribution in [0, 0.1) is 5.92 Å². The molecule has 0 atom stereocenters. The zero-order valence-electron chi connectivity index (χ0n) is 14.0. The molecule has 0 unspecified atom stereocenters. The molecule has 19 heavy (non-hydrogen) atoms. The van der Waals surface area contributed by atoms with Gasteiger partial charge in [0.15, 0.2) is 0 Å². The van der Waals surface area contributed by atoms with Crippen molar-refractivity contribution in [3.05, 3.63) is 0 Å². The second-order valence-electron chi connectivity index (χ2n) is 7.13. The second kappa shape index (κ2) is 8.97. The molecule has 2 fully saturated rings. The van der Waals surface area contributed by atoms with E-state index in [0.717, 1.165) is 18.0 Å². The van der Waals surface area contributed by atoms with Crippen molar-refractivity contribution in [2.24, 2.45) is 5.92 Å². The fraction of sp³-hybridized carbons (Fsp3) is 1.00. The lowest BCUT2D eigenvalue weighted by Gasteiger charge is -2.30. The van der Waals surface area contributed by atoms with E-state index in [1.54, 1.807) is 0 Å². The summed E-state index contributed by atoms with van der Waals surface area (Å²) in [6.45, 7) is 2.37. The maximum atomic E-state index is 2.37. The highest BCUT2D eigenvalue weighted by Gasteiger charge is 2.18. The molecule has 2 aliphatic carbocycles. The number of rotatable bonds is 2. The van der Waals surface area contributed by atoms with Crippen LogP contribution < -0.4 is 0 Å². The lowest BCUT2D eigenvalue weighted by molar-refractivity contribution is 0.200.